The molecule has 0 radical (unpaired) electrons. The summed E-state index contributed by atoms with van der Waals surface area (Å²) in [6, 6.07) is 0. The van der Waals surface area contributed by atoms with Gasteiger partial charge in [-0.2, -0.15) is 61.5 Å². The summed E-state index contributed by atoms with van der Waals surface area (Å²) in [5.74, 6) is -56.9. The first-order chi connectivity index (χ1) is 14.7. The first-order valence-corrected chi connectivity index (χ1v) is 8.10. The second-order valence-corrected chi connectivity index (χ2v) is 6.74. The van der Waals surface area contributed by atoms with Crippen LogP contribution in [-0.4, -0.2) is 71.7 Å². The SMILES string of the molecule is C=C(C)C(=O)OCC(O)CC(F)(F)C(F)(F)C(F)(F)C(F)(F)C(F)(F)C(F)(F)C(F)(F)C(F)F. The molecule has 1 unspecified atom stereocenters. The zero-order chi connectivity index (χ0) is 27.9. The molecule has 0 heterocycles. The number of alkyl halides is 16. The van der Waals surface area contributed by atoms with Crippen LogP contribution in [0.2, 0.25) is 0 Å². The van der Waals surface area contributed by atoms with Crippen LogP contribution in [0.15, 0.2) is 12.2 Å². The molecule has 0 spiro atoms. The highest BCUT2D eigenvalue weighted by atomic mass is 19.4. The number of rotatable bonds is 12. The third-order valence-corrected chi connectivity index (χ3v) is 3.98. The second kappa shape index (κ2) is 9.25. The van der Waals surface area contributed by atoms with Gasteiger partial charge in [0, 0.05) is 12.0 Å². The van der Waals surface area contributed by atoms with E-state index in [0.717, 1.165) is 6.92 Å². The third-order valence-electron chi connectivity index (χ3n) is 3.98. The monoisotopic (exact) mass is 544 g/mol. The standard InChI is InChI=1S/C15H12F16O3/c1-5(2)7(33)34-4-6(32)3-9(18,19)11(22,23)13(26,27)15(30,31)14(28,29)12(24,25)10(20,21)8(16)17/h6,8,32H,1,3-4H2,2H3. The van der Waals surface area contributed by atoms with E-state index in [2.05, 4.69) is 11.3 Å². The van der Waals surface area contributed by atoms with Crippen LogP contribution >= 0.6 is 0 Å². The lowest BCUT2D eigenvalue weighted by Gasteiger charge is -2.42. The van der Waals surface area contributed by atoms with Crippen LogP contribution in [0, 0.1) is 0 Å². The normalized spacial score (nSPS) is 16.0. The summed E-state index contributed by atoms with van der Waals surface area (Å²) in [6.45, 7) is 2.18. The number of hydrogen-bond donors (Lipinski definition) is 1. The molecule has 0 aliphatic heterocycles. The summed E-state index contributed by atoms with van der Waals surface area (Å²) >= 11 is 0. The Morgan fingerprint density at radius 3 is 1.47 bits per heavy atom. The first kappa shape index (κ1) is 32.0. The van der Waals surface area contributed by atoms with Crippen LogP contribution < -0.4 is 0 Å². The molecule has 0 aromatic carbocycles. The Balaban J connectivity index is 6.25. The number of halogens is 16. The number of carbonyl (C=O) groups excluding carboxylic acids is 1. The van der Waals surface area contributed by atoms with Gasteiger partial charge < -0.3 is 9.84 Å². The molecule has 0 amide bonds. The van der Waals surface area contributed by atoms with E-state index in [-0.39, 0.29) is 0 Å². The third kappa shape index (κ3) is 4.89. The molecule has 0 fully saturated rings. The molecular weight excluding hydrogens is 532 g/mol. The Kier molecular flexibility index (Phi) is 8.72. The van der Waals surface area contributed by atoms with E-state index in [4.69, 9.17) is 5.11 Å². The summed E-state index contributed by atoms with van der Waals surface area (Å²) in [4.78, 5) is 11.0. The van der Waals surface area contributed by atoms with E-state index >= 15 is 0 Å². The van der Waals surface area contributed by atoms with Crippen LogP contribution in [0.25, 0.3) is 0 Å². The maximum absolute atomic E-state index is 13.6. The number of aliphatic hydroxyl groups excluding tert-OH is 1. The highest BCUT2D eigenvalue weighted by Crippen LogP contribution is 2.63. The zero-order valence-corrected chi connectivity index (χ0v) is 16.1. The molecule has 0 aliphatic carbocycles. The van der Waals surface area contributed by atoms with Crippen molar-refractivity contribution in [3.8, 4) is 0 Å². The van der Waals surface area contributed by atoms with Gasteiger partial charge in [-0.25, -0.2) is 13.6 Å². The maximum Gasteiger partial charge on any atom is 0.384 e. The molecule has 202 valence electrons. The molecule has 0 aromatic rings. The summed E-state index contributed by atoms with van der Waals surface area (Å²) in [5.41, 5.74) is -0.473. The van der Waals surface area contributed by atoms with Gasteiger partial charge in [0.1, 0.15) is 6.61 Å². The van der Waals surface area contributed by atoms with Crippen molar-refractivity contribution in [2.24, 2.45) is 0 Å². The Bertz CT molecular complexity index is 761. The predicted octanol–water partition coefficient (Wildman–Crippen LogP) is 5.57. The van der Waals surface area contributed by atoms with Crippen molar-refractivity contribution in [1.29, 1.82) is 0 Å². The smallest absolute Gasteiger partial charge is 0.384 e. The molecule has 3 nitrogen and oxygen atoms in total. The van der Waals surface area contributed by atoms with E-state index < -0.39 is 78.6 Å². The van der Waals surface area contributed by atoms with Gasteiger partial charge in [0.25, 0.3) is 0 Å². The van der Waals surface area contributed by atoms with Crippen molar-refractivity contribution in [2.45, 2.75) is 67.3 Å². The Hall–Kier alpha value is -1.95. The molecule has 0 saturated carbocycles. The van der Waals surface area contributed by atoms with E-state index in [1.165, 1.54) is 0 Å². The minimum Gasteiger partial charge on any atom is -0.460 e. The summed E-state index contributed by atoms with van der Waals surface area (Å²) in [5, 5.41) is 9.10. The minimum atomic E-state index is -8.51. The topological polar surface area (TPSA) is 46.5 Å². The van der Waals surface area contributed by atoms with E-state index in [1.54, 1.807) is 0 Å². The molecule has 1 atom stereocenters. The van der Waals surface area contributed by atoms with E-state index in [1.807, 2.05) is 0 Å². The Morgan fingerprint density at radius 2 is 1.12 bits per heavy atom. The average molecular weight is 544 g/mol. The van der Waals surface area contributed by atoms with Crippen LogP contribution in [0.4, 0.5) is 70.2 Å². The molecule has 0 aliphatic rings. The fourth-order valence-corrected chi connectivity index (χ4v) is 1.95. The van der Waals surface area contributed by atoms with Crippen molar-refractivity contribution in [1.82, 2.24) is 0 Å². The van der Waals surface area contributed by atoms with E-state index in [0.29, 0.717) is 0 Å². The van der Waals surface area contributed by atoms with E-state index in [9.17, 15) is 75.0 Å². The summed E-state index contributed by atoms with van der Waals surface area (Å²) < 4.78 is 214. The molecular formula is C15H12F16O3. The lowest BCUT2D eigenvalue weighted by atomic mass is 9.88. The van der Waals surface area contributed by atoms with Gasteiger partial charge in [-0.1, -0.05) is 6.58 Å². The van der Waals surface area contributed by atoms with Gasteiger partial charge in [-0.15, -0.1) is 0 Å². The molecule has 0 aromatic heterocycles. The Labute approximate surface area is 178 Å². The van der Waals surface area contributed by atoms with Gasteiger partial charge in [-0.05, 0) is 6.92 Å². The second-order valence-electron chi connectivity index (χ2n) is 6.74. The fourth-order valence-electron chi connectivity index (χ4n) is 1.95. The number of esters is 1. The van der Waals surface area contributed by atoms with Crippen molar-refractivity contribution in [3.05, 3.63) is 12.2 Å². The van der Waals surface area contributed by atoms with Crippen LogP contribution in [-0.2, 0) is 9.53 Å². The van der Waals surface area contributed by atoms with Crippen LogP contribution in [0.1, 0.15) is 13.3 Å². The van der Waals surface area contributed by atoms with Gasteiger partial charge in [0.15, 0.2) is 0 Å². The first-order valence-electron chi connectivity index (χ1n) is 8.10. The summed E-state index contributed by atoms with van der Waals surface area (Å²) in [6.07, 6.45) is -12.1. The lowest BCUT2D eigenvalue weighted by Crippen LogP contribution is -2.73. The number of aliphatic hydroxyl groups is 1. The van der Waals surface area contributed by atoms with Gasteiger partial charge in [-0.3, -0.25) is 0 Å². The maximum atomic E-state index is 13.6. The van der Waals surface area contributed by atoms with Gasteiger partial charge in [0.2, 0.25) is 0 Å². The molecule has 19 heteroatoms. The summed E-state index contributed by atoms with van der Waals surface area (Å²) in [7, 11) is 0. The zero-order valence-electron chi connectivity index (χ0n) is 16.1. The fraction of sp³-hybridized carbons (Fsp3) is 0.800. The van der Waals surface area contributed by atoms with Crippen molar-refractivity contribution in [3.63, 3.8) is 0 Å². The molecule has 1 N–H and O–H groups in total. The van der Waals surface area contributed by atoms with Crippen molar-refractivity contribution < 1.29 is 84.9 Å². The van der Waals surface area contributed by atoms with Gasteiger partial charge >= 0.3 is 53.9 Å². The van der Waals surface area contributed by atoms with Crippen molar-refractivity contribution in [2.75, 3.05) is 6.61 Å². The largest absolute Gasteiger partial charge is 0.460 e. The quantitative estimate of drug-likeness (QED) is 0.199. The number of ether oxygens (including phenoxy) is 1. The average Bonchev–Trinajstić information content (AvgIpc) is 2.64. The predicted molar refractivity (Wildman–Crippen MR) is 77.0 cm³/mol. The highest BCUT2D eigenvalue weighted by molar-refractivity contribution is 5.86. The molecule has 0 rings (SSSR count). The Morgan fingerprint density at radius 1 is 0.765 bits per heavy atom. The minimum absolute atomic E-state index is 0.473. The van der Waals surface area contributed by atoms with Gasteiger partial charge in [0.05, 0.1) is 6.10 Å². The molecule has 0 bridgehead atoms. The van der Waals surface area contributed by atoms with Crippen LogP contribution in [0.5, 0.6) is 0 Å². The molecule has 34 heavy (non-hydrogen) atoms. The molecule has 0 saturated heterocycles. The van der Waals surface area contributed by atoms with Crippen molar-refractivity contribution >= 4 is 5.97 Å². The number of hydrogen-bond acceptors (Lipinski definition) is 3. The van der Waals surface area contributed by atoms with Crippen LogP contribution in [0.3, 0.4) is 0 Å². The lowest BCUT2D eigenvalue weighted by molar-refractivity contribution is -0.447. The highest BCUT2D eigenvalue weighted by Gasteiger charge is 2.93. The number of carbonyl (C=O) groups is 1.